The Morgan fingerprint density at radius 1 is 1.14 bits per heavy atom. The third-order valence-electron chi connectivity index (χ3n) is 3.17. The van der Waals surface area contributed by atoms with Gasteiger partial charge in [0.25, 0.3) is 5.91 Å². The van der Waals surface area contributed by atoms with Crippen LogP contribution in [0.4, 0.5) is 5.69 Å². The summed E-state index contributed by atoms with van der Waals surface area (Å²) >= 11 is 11.9. The van der Waals surface area contributed by atoms with Gasteiger partial charge in [-0.15, -0.1) is 0 Å². The van der Waals surface area contributed by atoms with Crippen molar-refractivity contribution in [1.82, 2.24) is 9.97 Å². The lowest BCUT2D eigenvalue weighted by atomic mass is 10.1. The first-order valence-electron chi connectivity index (χ1n) is 6.52. The van der Waals surface area contributed by atoms with Crippen LogP contribution in [0.3, 0.4) is 0 Å². The lowest BCUT2D eigenvalue weighted by Crippen LogP contribution is -2.14. The van der Waals surface area contributed by atoms with Crippen LogP contribution in [-0.2, 0) is 0 Å². The fraction of sp³-hybridized carbons (Fsp3) is 0.0625. The molecule has 1 N–H and O–H groups in total. The van der Waals surface area contributed by atoms with Gasteiger partial charge in [-0.1, -0.05) is 23.2 Å². The molecule has 1 amide bonds. The van der Waals surface area contributed by atoms with Crippen molar-refractivity contribution in [2.75, 3.05) is 5.32 Å². The van der Waals surface area contributed by atoms with Crippen molar-refractivity contribution in [3.05, 3.63) is 64.0 Å². The molecule has 0 radical (unpaired) electrons. The zero-order valence-corrected chi connectivity index (χ0v) is 13.1. The predicted octanol–water partition coefficient (Wildman–Crippen LogP) is 4.50. The molecule has 0 atom stereocenters. The minimum absolute atomic E-state index is 0.269. The Bertz CT molecular complexity index is 860. The number of pyridine rings is 2. The van der Waals surface area contributed by atoms with Crippen LogP contribution in [0.15, 0.2) is 42.7 Å². The van der Waals surface area contributed by atoms with E-state index in [1.807, 2.05) is 0 Å². The highest BCUT2D eigenvalue weighted by molar-refractivity contribution is 6.35. The van der Waals surface area contributed by atoms with Gasteiger partial charge in [0.15, 0.2) is 0 Å². The second-order valence-electron chi connectivity index (χ2n) is 4.80. The lowest BCUT2D eigenvalue weighted by Gasteiger charge is -2.09. The maximum atomic E-state index is 12.4. The van der Waals surface area contributed by atoms with Crippen molar-refractivity contribution in [2.45, 2.75) is 6.92 Å². The van der Waals surface area contributed by atoms with Crippen molar-refractivity contribution >= 4 is 45.7 Å². The van der Waals surface area contributed by atoms with Gasteiger partial charge in [-0.05, 0) is 37.3 Å². The first-order valence-corrected chi connectivity index (χ1v) is 7.27. The molecule has 6 heteroatoms. The maximum absolute atomic E-state index is 12.4. The van der Waals surface area contributed by atoms with Gasteiger partial charge in [-0.2, -0.15) is 0 Å². The number of rotatable bonds is 2. The van der Waals surface area contributed by atoms with Crippen LogP contribution in [0.1, 0.15) is 16.1 Å². The number of aryl methyl sites for hydroxylation is 1. The molecular weight excluding hydrogens is 321 g/mol. The van der Waals surface area contributed by atoms with E-state index < -0.39 is 0 Å². The average Bonchev–Trinajstić information content (AvgIpc) is 2.45. The molecule has 0 aliphatic heterocycles. The van der Waals surface area contributed by atoms with Gasteiger partial charge in [0.2, 0.25) is 0 Å². The zero-order chi connectivity index (χ0) is 15.7. The van der Waals surface area contributed by atoms with Gasteiger partial charge in [-0.3, -0.25) is 14.8 Å². The number of aromatic nitrogens is 2. The summed E-state index contributed by atoms with van der Waals surface area (Å²) in [7, 11) is 0. The number of fused-ring (bicyclic) bond motifs is 1. The van der Waals surface area contributed by atoms with E-state index in [2.05, 4.69) is 15.3 Å². The molecule has 0 unspecified atom stereocenters. The zero-order valence-electron chi connectivity index (χ0n) is 11.6. The van der Waals surface area contributed by atoms with Gasteiger partial charge >= 0.3 is 0 Å². The number of hydrogen-bond donors (Lipinski definition) is 1. The number of benzene rings is 1. The van der Waals surface area contributed by atoms with E-state index in [9.17, 15) is 4.79 Å². The molecule has 1 aromatic carbocycles. The molecule has 0 saturated heterocycles. The van der Waals surface area contributed by atoms with Crippen LogP contribution in [0, 0.1) is 6.92 Å². The highest BCUT2D eigenvalue weighted by atomic mass is 35.5. The van der Waals surface area contributed by atoms with Gasteiger partial charge in [-0.25, -0.2) is 0 Å². The topological polar surface area (TPSA) is 54.9 Å². The number of hydrogen-bond acceptors (Lipinski definition) is 3. The summed E-state index contributed by atoms with van der Waals surface area (Å²) < 4.78 is 0. The smallest absolute Gasteiger partial charge is 0.257 e. The fourth-order valence-electron chi connectivity index (χ4n) is 2.17. The molecule has 0 spiro atoms. The number of carbonyl (C=O) groups is 1. The quantitative estimate of drug-likeness (QED) is 0.752. The molecule has 3 rings (SSSR count). The van der Waals surface area contributed by atoms with E-state index >= 15 is 0 Å². The third kappa shape index (κ3) is 3.03. The van der Waals surface area contributed by atoms with E-state index in [1.54, 1.807) is 49.6 Å². The van der Waals surface area contributed by atoms with Crippen molar-refractivity contribution in [3.63, 3.8) is 0 Å². The Morgan fingerprint density at radius 2 is 1.86 bits per heavy atom. The summed E-state index contributed by atoms with van der Waals surface area (Å²) in [6.45, 7) is 1.79. The summed E-state index contributed by atoms with van der Waals surface area (Å²) in [5, 5.41) is 4.50. The van der Waals surface area contributed by atoms with E-state index in [0.717, 1.165) is 10.9 Å². The molecule has 0 saturated carbocycles. The largest absolute Gasteiger partial charge is 0.322 e. The molecule has 2 heterocycles. The normalized spacial score (nSPS) is 10.7. The van der Waals surface area contributed by atoms with Gasteiger partial charge < -0.3 is 5.32 Å². The molecule has 2 aromatic heterocycles. The second kappa shape index (κ2) is 5.91. The Morgan fingerprint density at radius 3 is 2.59 bits per heavy atom. The van der Waals surface area contributed by atoms with E-state index in [4.69, 9.17) is 23.2 Å². The second-order valence-corrected chi connectivity index (χ2v) is 5.67. The summed E-state index contributed by atoms with van der Waals surface area (Å²) in [4.78, 5) is 20.9. The van der Waals surface area contributed by atoms with Crippen molar-refractivity contribution in [2.24, 2.45) is 0 Å². The Labute approximate surface area is 137 Å². The van der Waals surface area contributed by atoms with E-state index in [-0.39, 0.29) is 5.91 Å². The van der Waals surface area contributed by atoms with E-state index in [0.29, 0.717) is 27.0 Å². The highest BCUT2D eigenvalue weighted by Crippen LogP contribution is 2.23. The molecular formula is C16H11Cl2N3O. The third-order valence-corrected chi connectivity index (χ3v) is 3.61. The lowest BCUT2D eigenvalue weighted by molar-refractivity contribution is 0.102. The average molecular weight is 332 g/mol. The standard InChI is InChI=1S/C16H11Cl2N3O/c1-9-14(4-10-8-19-3-2-15(10)20-9)16(22)21-13-6-11(17)5-12(18)7-13/h2-8H,1H3,(H,21,22). The number of amides is 1. The molecule has 110 valence electrons. The molecule has 0 fully saturated rings. The summed E-state index contributed by atoms with van der Waals surface area (Å²) in [6.07, 6.45) is 3.34. The van der Waals surface area contributed by atoms with Crippen LogP contribution in [0.25, 0.3) is 10.9 Å². The number of nitrogens with one attached hydrogen (secondary N) is 1. The van der Waals surface area contributed by atoms with Crippen LogP contribution >= 0.6 is 23.2 Å². The minimum Gasteiger partial charge on any atom is -0.322 e. The number of anilines is 1. The first kappa shape index (κ1) is 14.8. The minimum atomic E-state index is -0.269. The van der Waals surface area contributed by atoms with Crippen LogP contribution < -0.4 is 5.32 Å². The molecule has 0 aliphatic rings. The Kier molecular flexibility index (Phi) is 3.96. The number of nitrogens with zero attached hydrogens (tertiary/aromatic N) is 2. The molecule has 0 bridgehead atoms. The fourth-order valence-corrected chi connectivity index (χ4v) is 2.69. The first-order chi connectivity index (χ1) is 10.5. The SMILES string of the molecule is Cc1nc2ccncc2cc1C(=O)Nc1cc(Cl)cc(Cl)c1. The summed E-state index contributed by atoms with van der Waals surface area (Å²) in [5.41, 5.74) is 2.46. The molecule has 3 aromatic rings. The number of halogens is 2. The van der Waals surface area contributed by atoms with Gasteiger partial charge in [0, 0.05) is 33.5 Å². The summed E-state index contributed by atoms with van der Waals surface area (Å²) in [5.74, 6) is -0.269. The maximum Gasteiger partial charge on any atom is 0.257 e. The summed E-state index contributed by atoms with van der Waals surface area (Å²) in [6, 6.07) is 8.45. The van der Waals surface area contributed by atoms with Crippen LogP contribution in [-0.4, -0.2) is 15.9 Å². The highest BCUT2D eigenvalue weighted by Gasteiger charge is 2.12. The van der Waals surface area contributed by atoms with Crippen molar-refractivity contribution in [3.8, 4) is 0 Å². The van der Waals surface area contributed by atoms with Crippen LogP contribution in [0.5, 0.6) is 0 Å². The van der Waals surface area contributed by atoms with Gasteiger partial charge in [0.05, 0.1) is 16.8 Å². The van der Waals surface area contributed by atoms with Crippen molar-refractivity contribution in [1.29, 1.82) is 0 Å². The Balaban J connectivity index is 1.96. The monoisotopic (exact) mass is 331 g/mol. The molecule has 4 nitrogen and oxygen atoms in total. The molecule has 22 heavy (non-hydrogen) atoms. The van der Waals surface area contributed by atoms with Gasteiger partial charge in [0.1, 0.15) is 0 Å². The Hall–Kier alpha value is -2.17. The van der Waals surface area contributed by atoms with Crippen LogP contribution in [0.2, 0.25) is 10.0 Å². The number of carbonyl (C=O) groups excluding carboxylic acids is 1. The molecule has 0 aliphatic carbocycles. The van der Waals surface area contributed by atoms with E-state index in [1.165, 1.54) is 0 Å². The predicted molar refractivity (Wildman–Crippen MR) is 88.7 cm³/mol. The van der Waals surface area contributed by atoms with Crippen molar-refractivity contribution < 1.29 is 4.79 Å².